The van der Waals surface area contributed by atoms with Crippen LogP contribution in [-0.2, 0) is 30.8 Å². The van der Waals surface area contributed by atoms with Gasteiger partial charge in [-0.25, -0.2) is 17.9 Å². The van der Waals surface area contributed by atoms with Gasteiger partial charge in [0.25, 0.3) is 5.91 Å². The summed E-state index contributed by atoms with van der Waals surface area (Å²) in [6.07, 6.45) is 5.43. The van der Waals surface area contributed by atoms with E-state index in [0.717, 1.165) is 30.9 Å². The van der Waals surface area contributed by atoms with Crippen LogP contribution in [0.2, 0.25) is 0 Å². The summed E-state index contributed by atoms with van der Waals surface area (Å²) in [7, 11) is 0.654. The number of rotatable bonds is 8. The molecule has 176 valence electrons. The fourth-order valence-corrected chi connectivity index (χ4v) is 4.80. The van der Waals surface area contributed by atoms with Gasteiger partial charge < -0.3 is 14.4 Å². The monoisotopic (exact) mass is 472 g/mol. The second-order valence-corrected chi connectivity index (χ2v) is 9.53. The van der Waals surface area contributed by atoms with Crippen LogP contribution >= 0.6 is 0 Å². The second-order valence-electron chi connectivity index (χ2n) is 7.67. The average molecular weight is 473 g/mol. The highest BCUT2D eigenvalue weighted by Gasteiger charge is 2.26. The van der Waals surface area contributed by atoms with Crippen molar-refractivity contribution in [3.05, 3.63) is 65.2 Å². The minimum Gasteiger partial charge on any atom is -0.495 e. The summed E-state index contributed by atoms with van der Waals surface area (Å²) < 4.78 is 36.8. The molecule has 0 bridgehead atoms. The number of carbonyl (C=O) groups excluding carboxylic acids is 2. The molecule has 0 spiro atoms. The Kier molecular flexibility index (Phi) is 7.88. The third-order valence-corrected chi connectivity index (χ3v) is 7.13. The number of nitrogens with one attached hydrogen (secondary N) is 1. The van der Waals surface area contributed by atoms with E-state index < -0.39 is 16.0 Å². The molecule has 0 saturated heterocycles. The summed E-state index contributed by atoms with van der Waals surface area (Å²) in [4.78, 5) is 26.4. The lowest BCUT2D eigenvalue weighted by atomic mass is 9.87. The van der Waals surface area contributed by atoms with E-state index in [4.69, 9.17) is 9.47 Å². The molecule has 1 N–H and O–H groups in total. The molecule has 33 heavy (non-hydrogen) atoms. The maximum absolute atomic E-state index is 12.6. The number of aryl methyl sites for hydroxylation is 1. The number of fused-ring (bicyclic) bond motifs is 1. The molecule has 1 unspecified atom stereocenters. The molecular weight excluding hydrogens is 444 g/mol. The van der Waals surface area contributed by atoms with Crippen LogP contribution < -0.4 is 9.46 Å². The summed E-state index contributed by atoms with van der Waals surface area (Å²) in [6.45, 7) is -0.375. The molecule has 3 rings (SSSR count). The number of hydrogen-bond acceptors (Lipinski definition) is 6. The largest absolute Gasteiger partial charge is 0.495 e. The van der Waals surface area contributed by atoms with E-state index in [1.54, 1.807) is 18.0 Å². The Morgan fingerprint density at radius 1 is 1.21 bits per heavy atom. The van der Waals surface area contributed by atoms with Crippen molar-refractivity contribution in [2.24, 2.45) is 0 Å². The van der Waals surface area contributed by atoms with Gasteiger partial charge in [0.05, 0.1) is 13.2 Å². The van der Waals surface area contributed by atoms with E-state index in [0.29, 0.717) is 5.56 Å². The van der Waals surface area contributed by atoms with Gasteiger partial charge in [0.1, 0.15) is 10.6 Å². The highest BCUT2D eigenvalue weighted by molar-refractivity contribution is 7.89. The number of benzene rings is 2. The summed E-state index contributed by atoms with van der Waals surface area (Å²) >= 11 is 0. The van der Waals surface area contributed by atoms with Gasteiger partial charge in [0, 0.05) is 13.1 Å². The third-order valence-electron chi connectivity index (χ3n) is 5.69. The molecule has 0 aliphatic heterocycles. The molecule has 0 radical (unpaired) electrons. The highest BCUT2D eigenvalue weighted by atomic mass is 32.2. The van der Waals surface area contributed by atoms with Crippen LogP contribution in [0.1, 0.15) is 35.6 Å². The first-order valence-corrected chi connectivity index (χ1v) is 12.0. The minimum absolute atomic E-state index is 0.0384. The molecule has 0 heterocycles. The molecule has 8 nitrogen and oxygen atoms in total. The molecular formula is C24H28N2O6S. The number of ether oxygens (including phenoxy) is 2. The van der Waals surface area contributed by atoms with E-state index in [1.165, 1.54) is 37.9 Å². The van der Waals surface area contributed by atoms with Crippen molar-refractivity contribution >= 4 is 28.0 Å². The zero-order valence-corrected chi connectivity index (χ0v) is 19.7. The Hall–Kier alpha value is -3.17. The molecule has 1 atom stereocenters. The number of esters is 1. The number of hydrogen-bond donors (Lipinski definition) is 1. The number of sulfonamides is 1. The maximum atomic E-state index is 12.6. The van der Waals surface area contributed by atoms with Gasteiger partial charge >= 0.3 is 5.97 Å². The van der Waals surface area contributed by atoms with Crippen molar-refractivity contribution in [1.82, 2.24) is 9.62 Å². The average Bonchev–Trinajstić information content (AvgIpc) is 2.84. The van der Waals surface area contributed by atoms with Gasteiger partial charge in [-0.3, -0.25) is 4.79 Å². The molecule has 1 amide bonds. The van der Waals surface area contributed by atoms with Crippen molar-refractivity contribution in [1.29, 1.82) is 0 Å². The number of carbonyl (C=O) groups is 2. The Labute approximate surface area is 194 Å². The van der Waals surface area contributed by atoms with Crippen LogP contribution in [0.4, 0.5) is 0 Å². The van der Waals surface area contributed by atoms with Gasteiger partial charge in [-0.15, -0.1) is 0 Å². The number of amides is 1. The molecule has 0 aromatic heterocycles. The van der Waals surface area contributed by atoms with Crippen LogP contribution in [-0.4, -0.2) is 53.0 Å². The highest BCUT2D eigenvalue weighted by Crippen LogP contribution is 2.33. The third kappa shape index (κ3) is 5.80. The van der Waals surface area contributed by atoms with Gasteiger partial charge in [-0.05, 0) is 61.2 Å². The van der Waals surface area contributed by atoms with Crippen LogP contribution in [0, 0.1) is 0 Å². The van der Waals surface area contributed by atoms with Crippen molar-refractivity contribution in [2.75, 3.05) is 27.8 Å². The maximum Gasteiger partial charge on any atom is 0.331 e. The van der Waals surface area contributed by atoms with E-state index in [9.17, 15) is 18.0 Å². The molecule has 1 aliphatic carbocycles. The van der Waals surface area contributed by atoms with Crippen LogP contribution in [0.15, 0.2) is 53.4 Å². The van der Waals surface area contributed by atoms with Gasteiger partial charge in [0.2, 0.25) is 10.0 Å². The fourth-order valence-electron chi connectivity index (χ4n) is 3.87. The lowest BCUT2D eigenvalue weighted by molar-refractivity contribution is -0.148. The minimum atomic E-state index is -3.74. The van der Waals surface area contributed by atoms with Crippen molar-refractivity contribution < 1.29 is 27.5 Å². The SMILES string of the molecule is CNS(=O)(=O)c1cc(/C=C/C(=O)OCC(=O)N(C)C2CCCc3ccccc32)ccc1OC. The van der Waals surface area contributed by atoms with Gasteiger partial charge in [-0.1, -0.05) is 30.3 Å². The second kappa shape index (κ2) is 10.6. The Morgan fingerprint density at radius 3 is 2.70 bits per heavy atom. The summed E-state index contributed by atoms with van der Waals surface area (Å²) in [5.41, 5.74) is 2.84. The summed E-state index contributed by atoms with van der Waals surface area (Å²) in [5, 5.41) is 0. The molecule has 9 heteroatoms. The Morgan fingerprint density at radius 2 is 1.97 bits per heavy atom. The Bertz CT molecular complexity index is 1160. The first kappa shape index (κ1) is 24.5. The standard InChI is InChI=1S/C24H28N2O6S/c1-25-33(29,30)22-15-17(11-13-21(22)31-3)12-14-24(28)32-16-23(27)26(2)20-10-6-8-18-7-4-5-9-19(18)20/h4-5,7,9,11-15,20,25H,6,8,10,16H2,1-3H3/b14-12+. The van der Waals surface area contributed by atoms with Crippen LogP contribution in [0.25, 0.3) is 6.08 Å². The van der Waals surface area contributed by atoms with Gasteiger partial charge in [0.15, 0.2) is 6.61 Å². The number of nitrogens with zero attached hydrogens (tertiary/aromatic N) is 1. The zero-order chi connectivity index (χ0) is 24.0. The Balaban J connectivity index is 1.62. The first-order chi connectivity index (χ1) is 15.8. The summed E-state index contributed by atoms with van der Waals surface area (Å²) in [5.74, 6) is -0.804. The normalized spacial score (nSPS) is 15.7. The quantitative estimate of drug-likeness (QED) is 0.468. The molecule has 1 aliphatic rings. The predicted molar refractivity (Wildman–Crippen MR) is 124 cm³/mol. The molecule has 0 saturated carbocycles. The predicted octanol–water partition coefficient (Wildman–Crippen LogP) is 2.70. The molecule has 2 aromatic carbocycles. The van der Waals surface area contributed by atoms with E-state index in [-0.39, 0.29) is 29.2 Å². The zero-order valence-electron chi connectivity index (χ0n) is 18.9. The molecule has 2 aromatic rings. The van der Waals surface area contributed by atoms with E-state index in [2.05, 4.69) is 10.8 Å². The van der Waals surface area contributed by atoms with Crippen LogP contribution in [0.3, 0.4) is 0 Å². The first-order valence-electron chi connectivity index (χ1n) is 10.6. The number of methoxy groups -OCH3 is 1. The van der Waals surface area contributed by atoms with Crippen molar-refractivity contribution in [3.63, 3.8) is 0 Å². The topological polar surface area (TPSA) is 102 Å². The lowest BCUT2D eigenvalue weighted by Crippen LogP contribution is -2.36. The van der Waals surface area contributed by atoms with Crippen LogP contribution in [0.5, 0.6) is 5.75 Å². The van der Waals surface area contributed by atoms with E-state index >= 15 is 0 Å². The van der Waals surface area contributed by atoms with E-state index in [1.807, 2.05) is 18.2 Å². The molecule has 0 fully saturated rings. The smallest absolute Gasteiger partial charge is 0.331 e. The van der Waals surface area contributed by atoms with Crippen molar-refractivity contribution in [2.45, 2.75) is 30.2 Å². The lowest BCUT2D eigenvalue weighted by Gasteiger charge is -2.33. The van der Waals surface area contributed by atoms with Gasteiger partial charge in [-0.2, -0.15) is 0 Å². The fraction of sp³-hybridized carbons (Fsp3) is 0.333. The summed E-state index contributed by atoms with van der Waals surface area (Å²) in [6, 6.07) is 12.5. The van der Waals surface area contributed by atoms with Crippen molar-refractivity contribution in [3.8, 4) is 5.75 Å². The number of likely N-dealkylation sites (N-methyl/N-ethyl adjacent to an activating group) is 1.